The number of methoxy groups -OCH3 is 1. The van der Waals surface area contributed by atoms with Gasteiger partial charge in [0, 0.05) is 0 Å². The molecule has 2 amide bonds. The van der Waals surface area contributed by atoms with Crippen molar-refractivity contribution in [2.75, 3.05) is 20.3 Å². The maximum absolute atomic E-state index is 12.3. The highest BCUT2D eigenvalue weighted by Gasteiger charge is 2.36. The lowest BCUT2D eigenvalue weighted by Crippen LogP contribution is -2.34. The zero-order chi connectivity index (χ0) is 17.9. The Morgan fingerprint density at radius 2 is 2.12 bits per heavy atom. The van der Waals surface area contributed by atoms with Crippen LogP contribution in [0.25, 0.3) is 6.08 Å². The second kappa shape index (κ2) is 7.71. The van der Waals surface area contributed by atoms with Crippen molar-refractivity contribution in [1.29, 1.82) is 0 Å². The molecule has 0 atom stereocenters. The number of carbonyl (C=O) groups excluding carboxylic acids is 3. The summed E-state index contributed by atoms with van der Waals surface area (Å²) in [5.41, 5.74) is 0.562. The summed E-state index contributed by atoms with van der Waals surface area (Å²) in [6.45, 7) is 1.71. The first-order valence-corrected chi connectivity index (χ1v) is 8.45. The normalized spacial score (nSPS) is 16.0. The lowest BCUT2D eigenvalue weighted by atomic mass is 10.2. The first-order chi connectivity index (χ1) is 11.4. The average Bonchev–Trinajstić information content (AvgIpc) is 2.79. The Hall–Kier alpha value is -2.00. The number of benzene rings is 1. The number of imide groups is 1. The molecular weight excluding hydrogens is 402 g/mol. The van der Waals surface area contributed by atoms with E-state index in [2.05, 4.69) is 20.7 Å². The van der Waals surface area contributed by atoms with Crippen LogP contribution in [-0.4, -0.2) is 47.4 Å². The Kier molecular flexibility index (Phi) is 5.89. The van der Waals surface area contributed by atoms with Crippen molar-refractivity contribution < 1.29 is 29.0 Å². The number of halogens is 1. The fraction of sp³-hybridized carbons (Fsp3) is 0.267. The van der Waals surface area contributed by atoms with Gasteiger partial charge in [-0.1, -0.05) is 0 Å². The molecule has 1 N–H and O–H groups in total. The van der Waals surface area contributed by atoms with Crippen molar-refractivity contribution in [1.82, 2.24) is 4.90 Å². The van der Waals surface area contributed by atoms with Gasteiger partial charge >= 0.3 is 5.97 Å². The minimum absolute atomic E-state index is 0.0483. The molecule has 0 spiro atoms. The molecule has 1 aromatic carbocycles. The highest BCUT2D eigenvalue weighted by molar-refractivity contribution is 9.10. The summed E-state index contributed by atoms with van der Waals surface area (Å²) in [6, 6.07) is 3.14. The molecule has 0 bridgehead atoms. The number of hydrogen-bond acceptors (Lipinski definition) is 7. The number of rotatable bonds is 5. The molecule has 0 unspecified atom stereocenters. The van der Waals surface area contributed by atoms with Gasteiger partial charge in [-0.25, -0.2) is 0 Å². The number of aromatic hydroxyl groups is 1. The molecule has 1 saturated heterocycles. The van der Waals surface area contributed by atoms with E-state index >= 15 is 0 Å². The van der Waals surface area contributed by atoms with Gasteiger partial charge in [0.25, 0.3) is 11.1 Å². The van der Waals surface area contributed by atoms with Crippen molar-refractivity contribution in [2.24, 2.45) is 0 Å². The third-order valence-corrected chi connectivity index (χ3v) is 4.55. The summed E-state index contributed by atoms with van der Waals surface area (Å²) < 4.78 is 10.2. The second-order valence-electron chi connectivity index (χ2n) is 4.63. The van der Waals surface area contributed by atoms with Gasteiger partial charge in [-0.15, -0.1) is 0 Å². The molecule has 1 aromatic rings. The Balaban J connectivity index is 2.30. The number of carbonyl (C=O) groups is 3. The van der Waals surface area contributed by atoms with Gasteiger partial charge < -0.3 is 14.6 Å². The first kappa shape index (κ1) is 18.3. The summed E-state index contributed by atoms with van der Waals surface area (Å²) >= 11 is 3.94. The Labute approximate surface area is 150 Å². The number of thioether (sulfide) groups is 1. The minimum atomic E-state index is -0.676. The summed E-state index contributed by atoms with van der Waals surface area (Å²) in [4.78, 5) is 36.4. The van der Waals surface area contributed by atoms with Crippen LogP contribution in [0.5, 0.6) is 11.5 Å². The van der Waals surface area contributed by atoms with Crippen molar-refractivity contribution in [3.63, 3.8) is 0 Å². The predicted molar refractivity (Wildman–Crippen MR) is 91.7 cm³/mol. The first-order valence-electron chi connectivity index (χ1n) is 6.84. The van der Waals surface area contributed by atoms with Crippen LogP contribution >= 0.6 is 27.7 Å². The quantitative estimate of drug-likeness (QED) is 0.583. The number of amides is 2. The lowest BCUT2D eigenvalue weighted by Gasteiger charge is -2.10. The van der Waals surface area contributed by atoms with Gasteiger partial charge in [0.15, 0.2) is 11.5 Å². The van der Waals surface area contributed by atoms with E-state index in [4.69, 9.17) is 4.74 Å². The van der Waals surface area contributed by atoms with Crippen LogP contribution < -0.4 is 4.74 Å². The predicted octanol–water partition coefficient (Wildman–Crippen LogP) is 2.76. The molecule has 0 radical (unpaired) electrons. The molecule has 0 aliphatic carbocycles. The molecule has 1 fully saturated rings. The summed E-state index contributed by atoms with van der Waals surface area (Å²) in [5.74, 6) is -1.04. The third kappa shape index (κ3) is 3.90. The molecule has 0 aromatic heterocycles. The van der Waals surface area contributed by atoms with E-state index < -0.39 is 23.7 Å². The third-order valence-electron chi connectivity index (χ3n) is 3.04. The van der Waals surface area contributed by atoms with Gasteiger partial charge in [0.2, 0.25) is 0 Å². The second-order valence-corrected chi connectivity index (χ2v) is 6.47. The largest absolute Gasteiger partial charge is 0.503 e. The fourth-order valence-electron chi connectivity index (χ4n) is 1.92. The number of phenols is 1. The van der Waals surface area contributed by atoms with E-state index in [1.165, 1.54) is 13.2 Å². The Bertz CT molecular complexity index is 733. The summed E-state index contributed by atoms with van der Waals surface area (Å²) in [7, 11) is 1.18. The van der Waals surface area contributed by atoms with Gasteiger partial charge in [-0.3, -0.25) is 19.3 Å². The minimum Gasteiger partial charge on any atom is -0.503 e. The van der Waals surface area contributed by atoms with Crippen LogP contribution in [0, 0.1) is 0 Å². The monoisotopic (exact) mass is 415 g/mol. The molecular formula is C15H14BrNO6S. The van der Waals surface area contributed by atoms with Crippen LogP contribution in [0.2, 0.25) is 0 Å². The molecule has 1 aliphatic rings. The van der Waals surface area contributed by atoms with Crippen LogP contribution in [0.4, 0.5) is 4.79 Å². The smallest absolute Gasteiger partial charge is 0.325 e. The van der Waals surface area contributed by atoms with Crippen molar-refractivity contribution in [3.05, 3.63) is 27.1 Å². The van der Waals surface area contributed by atoms with Crippen molar-refractivity contribution in [2.45, 2.75) is 6.92 Å². The van der Waals surface area contributed by atoms with Crippen LogP contribution in [0.3, 0.4) is 0 Å². The van der Waals surface area contributed by atoms with E-state index in [1.54, 1.807) is 19.1 Å². The van der Waals surface area contributed by atoms with Gasteiger partial charge in [0.1, 0.15) is 6.54 Å². The topological polar surface area (TPSA) is 93.1 Å². The van der Waals surface area contributed by atoms with Crippen LogP contribution in [0.1, 0.15) is 12.5 Å². The average molecular weight is 416 g/mol. The molecule has 1 heterocycles. The van der Waals surface area contributed by atoms with E-state index in [1.807, 2.05) is 0 Å². The SMILES string of the molecule is CCOc1cc(C=C2SC(=O)N(CC(=O)OC)C2=O)cc(Br)c1O. The number of phenolic OH excluding ortho intramolecular Hbond substituents is 1. The van der Waals surface area contributed by atoms with Crippen LogP contribution in [-0.2, 0) is 14.3 Å². The van der Waals surface area contributed by atoms with Crippen LogP contribution in [0.15, 0.2) is 21.5 Å². The van der Waals surface area contributed by atoms with E-state index in [0.717, 1.165) is 16.7 Å². The zero-order valence-corrected chi connectivity index (χ0v) is 15.3. The van der Waals surface area contributed by atoms with E-state index in [0.29, 0.717) is 16.6 Å². The maximum atomic E-state index is 12.3. The number of hydrogen-bond donors (Lipinski definition) is 1. The van der Waals surface area contributed by atoms with Gasteiger partial charge in [-0.05, 0) is 58.4 Å². The zero-order valence-electron chi connectivity index (χ0n) is 12.9. The molecule has 128 valence electrons. The number of ether oxygens (including phenoxy) is 2. The van der Waals surface area contributed by atoms with Gasteiger partial charge in [0.05, 0.1) is 23.1 Å². The Morgan fingerprint density at radius 1 is 1.42 bits per heavy atom. The molecule has 9 heteroatoms. The highest BCUT2D eigenvalue weighted by atomic mass is 79.9. The van der Waals surface area contributed by atoms with E-state index in [9.17, 15) is 19.5 Å². The lowest BCUT2D eigenvalue weighted by molar-refractivity contribution is -0.143. The van der Waals surface area contributed by atoms with Crippen molar-refractivity contribution in [3.8, 4) is 11.5 Å². The fourth-order valence-corrected chi connectivity index (χ4v) is 3.22. The van der Waals surface area contributed by atoms with E-state index in [-0.39, 0.29) is 16.4 Å². The van der Waals surface area contributed by atoms with Gasteiger partial charge in [-0.2, -0.15) is 0 Å². The summed E-state index contributed by atoms with van der Waals surface area (Å²) in [6.07, 6.45) is 1.49. The Morgan fingerprint density at radius 3 is 2.75 bits per heavy atom. The summed E-state index contributed by atoms with van der Waals surface area (Å²) in [5, 5.41) is 9.36. The molecule has 24 heavy (non-hydrogen) atoms. The van der Waals surface area contributed by atoms with Crippen molar-refractivity contribution >= 4 is 50.9 Å². The standard InChI is InChI=1S/C15H14BrNO6S/c1-3-23-10-5-8(4-9(16)13(10)19)6-11-14(20)17(15(21)24-11)7-12(18)22-2/h4-6,19H,3,7H2,1-2H3. The maximum Gasteiger partial charge on any atom is 0.325 e. The molecule has 1 aliphatic heterocycles. The number of nitrogens with zero attached hydrogens (tertiary/aromatic N) is 1. The molecule has 7 nitrogen and oxygen atoms in total. The molecule has 2 rings (SSSR count). The number of esters is 1. The highest BCUT2D eigenvalue weighted by Crippen LogP contribution is 2.38. The molecule has 0 saturated carbocycles.